The largest absolute Gasteiger partial charge is 0.384 e. The van der Waals surface area contributed by atoms with E-state index in [0.717, 1.165) is 28.9 Å². The topological polar surface area (TPSA) is 87.4 Å². The summed E-state index contributed by atoms with van der Waals surface area (Å²) in [7, 11) is 3.75. The Morgan fingerprint density at radius 1 is 1.14 bits per heavy atom. The highest BCUT2D eigenvalue weighted by Crippen LogP contribution is 2.25. The molecule has 0 fully saturated rings. The van der Waals surface area contributed by atoms with Gasteiger partial charge >= 0.3 is 0 Å². The maximum atomic E-state index is 5.93. The van der Waals surface area contributed by atoms with Crippen LogP contribution in [0.15, 0.2) is 24.7 Å². The molecule has 0 unspecified atom stereocenters. The van der Waals surface area contributed by atoms with Crippen molar-refractivity contribution < 1.29 is 0 Å². The van der Waals surface area contributed by atoms with Gasteiger partial charge in [0.2, 0.25) is 0 Å². The molecular formula is C14H17N7. The van der Waals surface area contributed by atoms with Crippen LogP contribution in [0, 0.1) is 0 Å². The van der Waals surface area contributed by atoms with Gasteiger partial charge < -0.3 is 5.73 Å². The van der Waals surface area contributed by atoms with Crippen molar-refractivity contribution in [3.05, 3.63) is 30.4 Å². The molecule has 0 aliphatic heterocycles. The van der Waals surface area contributed by atoms with E-state index in [4.69, 9.17) is 5.73 Å². The number of nitrogens with two attached hydrogens (primary N) is 1. The van der Waals surface area contributed by atoms with Gasteiger partial charge in [-0.15, -0.1) is 0 Å². The molecule has 0 aliphatic rings. The third kappa shape index (κ3) is 2.49. The van der Waals surface area contributed by atoms with E-state index in [9.17, 15) is 0 Å². The molecule has 0 saturated carbocycles. The average Bonchev–Trinajstić information content (AvgIpc) is 3.04. The Labute approximate surface area is 122 Å². The monoisotopic (exact) mass is 283 g/mol. The number of hydrogen-bond acceptors (Lipinski definition) is 5. The lowest BCUT2D eigenvalue weighted by Gasteiger charge is -2.04. The van der Waals surface area contributed by atoms with Crippen molar-refractivity contribution in [2.45, 2.75) is 13.3 Å². The van der Waals surface area contributed by atoms with Crippen LogP contribution in [0.4, 0.5) is 5.82 Å². The molecule has 0 saturated heterocycles. The normalized spacial score (nSPS) is 11.0. The Hall–Kier alpha value is -2.70. The van der Waals surface area contributed by atoms with Crippen molar-refractivity contribution in [1.29, 1.82) is 0 Å². The summed E-state index contributed by atoms with van der Waals surface area (Å²) in [5.74, 6) is 1.03. The fourth-order valence-corrected chi connectivity index (χ4v) is 2.27. The fraction of sp³-hybridized carbons (Fsp3) is 0.286. The summed E-state index contributed by atoms with van der Waals surface area (Å²) in [6.07, 6.45) is 6.39. The Morgan fingerprint density at radius 3 is 2.62 bits per heavy atom. The van der Waals surface area contributed by atoms with Crippen LogP contribution < -0.4 is 5.73 Å². The van der Waals surface area contributed by atoms with Gasteiger partial charge in [-0.2, -0.15) is 10.2 Å². The van der Waals surface area contributed by atoms with Crippen LogP contribution >= 0.6 is 0 Å². The molecule has 0 aromatic carbocycles. The van der Waals surface area contributed by atoms with Crippen LogP contribution in [-0.4, -0.2) is 29.5 Å². The maximum Gasteiger partial charge on any atom is 0.165 e. The van der Waals surface area contributed by atoms with Gasteiger partial charge in [0.25, 0.3) is 0 Å². The highest BCUT2D eigenvalue weighted by Gasteiger charge is 2.14. The zero-order chi connectivity index (χ0) is 15.0. The molecule has 3 rings (SSSR count). The first-order valence-corrected chi connectivity index (χ1v) is 6.73. The second-order valence-electron chi connectivity index (χ2n) is 4.92. The smallest absolute Gasteiger partial charge is 0.165 e. The van der Waals surface area contributed by atoms with Gasteiger partial charge in [-0.05, 0) is 6.42 Å². The Morgan fingerprint density at radius 2 is 1.95 bits per heavy atom. The minimum absolute atomic E-state index is 0.435. The molecule has 7 heteroatoms. The van der Waals surface area contributed by atoms with Crippen molar-refractivity contribution >= 4 is 5.82 Å². The summed E-state index contributed by atoms with van der Waals surface area (Å²) in [5.41, 5.74) is 9.48. The number of anilines is 1. The summed E-state index contributed by atoms with van der Waals surface area (Å²) in [6.45, 7) is 2.06. The quantitative estimate of drug-likeness (QED) is 0.785. The van der Waals surface area contributed by atoms with Crippen LogP contribution in [0.25, 0.3) is 22.6 Å². The molecule has 0 bridgehead atoms. The summed E-state index contributed by atoms with van der Waals surface area (Å²) in [6, 6.07) is 1.75. The predicted octanol–water partition coefficient (Wildman–Crippen LogP) is 1.42. The summed E-state index contributed by atoms with van der Waals surface area (Å²) in [5, 5.41) is 8.58. The van der Waals surface area contributed by atoms with Gasteiger partial charge in [-0.3, -0.25) is 9.36 Å². The summed E-state index contributed by atoms with van der Waals surface area (Å²) in [4.78, 5) is 8.96. The number of rotatable bonds is 3. The van der Waals surface area contributed by atoms with E-state index < -0.39 is 0 Å². The van der Waals surface area contributed by atoms with E-state index in [0.29, 0.717) is 11.6 Å². The van der Waals surface area contributed by atoms with Crippen molar-refractivity contribution in [3.63, 3.8) is 0 Å². The summed E-state index contributed by atoms with van der Waals surface area (Å²) < 4.78 is 3.50. The number of nitrogen functional groups attached to an aromatic ring is 1. The third-order valence-corrected chi connectivity index (χ3v) is 3.23. The standard InChI is InChI=1S/C14H17N7/c1-4-11-10(8-21(3)19-11)14-17-12(5-13(15)18-14)9-6-16-20(2)7-9/h5-8H,4H2,1-3H3,(H2,15,17,18). The van der Waals surface area contributed by atoms with E-state index in [2.05, 4.69) is 27.1 Å². The zero-order valence-electron chi connectivity index (χ0n) is 12.3. The molecular weight excluding hydrogens is 266 g/mol. The second-order valence-corrected chi connectivity index (χ2v) is 4.92. The number of aryl methyl sites for hydroxylation is 3. The molecule has 0 amide bonds. The van der Waals surface area contributed by atoms with E-state index in [1.807, 2.05) is 26.5 Å². The second kappa shape index (κ2) is 5.01. The van der Waals surface area contributed by atoms with Gasteiger partial charge in [0.1, 0.15) is 5.82 Å². The Kier molecular flexibility index (Phi) is 3.17. The predicted molar refractivity (Wildman–Crippen MR) is 80.2 cm³/mol. The fourth-order valence-electron chi connectivity index (χ4n) is 2.27. The molecule has 0 atom stereocenters. The van der Waals surface area contributed by atoms with Crippen LogP contribution in [0.3, 0.4) is 0 Å². The van der Waals surface area contributed by atoms with Gasteiger partial charge in [-0.25, -0.2) is 9.97 Å². The van der Waals surface area contributed by atoms with Crippen molar-refractivity contribution in [3.8, 4) is 22.6 Å². The number of aromatic nitrogens is 6. The molecule has 3 heterocycles. The van der Waals surface area contributed by atoms with E-state index in [-0.39, 0.29) is 0 Å². The van der Waals surface area contributed by atoms with Crippen LogP contribution in [0.1, 0.15) is 12.6 Å². The number of nitrogens with zero attached hydrogens (tertiary/aromatic N) is 6. The first kappa shape index (κ1) is 13.3. The molecule has 108 valence electrons. The van der Waals surface area contributed by atoms with Crippen molar-refractivity contribution in [2.75, 3.05) is 5.73 Å². The van der Waals surface area contributed by atoms with Crippen LogP contribution in [-0.2, 0) is 20.5 Å². The molecule has 0 aliphatic carbocycles. The average molecular weight is 283 g/mol. The SMILES string of the molecule is CCc1nn(C)cc1-c1nc(N)cc(-c2cnn(C)c2)n1. The van der Waals surface area contributed by atoms with E-state index >= 15 is 0 Å². The lowest BCUT2D eigenvalue weighted by atomic mass is 10.2. The molecule has 7 nitrogen and oxygen atoms in total. The highest BCUT2D eigenvalue weighted by atomic mass is 15.3. The van der Waals surface area contributed by atoms with Gasteiger partial charge in [-0.1, -0.05) is 6.92 Å². The highest BCUT2D eigenvalue weighted by molar-refractivity contribution is 5.66. The first-order valence-electron chi connectivity index (χ1n) is 6.73. The van der Waals surface area contributed by atoms with Crippen molar-refractivity contribution in [1.82, 2.24) is 29.5 Å². The molecule has 0 spiro atoms. The number of hydrogen-bond donors (Lipinski definition) is 1. The lowest BCUT2D eigenvalue weighted by Crippen LogP contribution is -1.98. The van der Waals surface area contributed by atoms with E-state index in [1.165, 1.54) is 0 Å². The first-order chi connectivity index (χ1) is 10.1. The Bertz CT molecular complexity index is 784. The molecule has 3 aromatic heterocycles. The van der Waals surface area contributed by atoms with Gasteiger partial charge in [0.15, 0.2) is 5.82 Å². The lowest BCUT2D eigenvalue weighted by molar-refractivity contribution is 0.746. The molecule has 21 heavy (non-hydrogen) atoms. The summed E-state index contributed by atoms with van der Waals surface area (Å²) >= 11 is 0. The van der Waals surface area contributed by atoms with Gasteiger partial charge in [0, 0.05) is 38.1 Å². The van der Waals surface area contributed by atoms with Gasteiger partial charge in [0.05, 0.1) is 23.1 Å². The minimum Gasteiger partial charge on any atom is -0.384 e. The van der Waals surface area contributed by atoms with E-state index in [1.54, 1.807) is 21.6 Å². The third-order valence-electron chi connectivity index (χ3n) is 3.23. The minimum atomic E-state index is 0.435. The Balaban J connectivity index is 2.13. The molecule has 2 N–H and O–H groups in total. The van der Waals surface area contributed by atoms with Crippen LogP contribution in [0.5, 0.6) is 0 Å². The molecule has 3 aromatic rings. The van der Waals surface area contributed by atoms with Crippen LogP contribution in [0.2, 0.25) is 0 Å². The molecule has 0 radical (unpaired) electrons. The van der Waals surface area contributed by atoms with Crippen molar-refractivity contribution in [2.24, 2.45) is 14.1 Å². The zero-order valence-corrected chi connectivity index (χ0v) is 12.3. The maximum absolute atomic E-state index is 5.93.